The zero-order chi connectivity index (χ0) is 9.68. The summed E-state index contributed by atoms with van der Waals surface area (Å²) >= 11 is 1.98. The van der Waals surface area contributed by atoms with E-state index in [1.807, 2.05) is 16.7 Å². The summed E-state index contributed by atoms with van der Waals surface area (Å²) in [6.07, 6.45) is 1.65. The molecule has 3 nitrogen and oxygen atoms in total. The minimum atomic E-state index is 0. The second kappa shape index (κ2) is 7.37. The molecule has 1 saturated heterocycles. The lowest BCUT2D eigenvalue weighted by molar-refractivity contribution is -0.130. The first-order valence-corrected chi connectivity index (χ1v) is 5.92. The molecule has 1 aliphatic rings. The first-order chi connectivity index (χ1) is 6.27. The van der Waals surface area contributed by atoms with Crippen molar-refractivity contribution in [3.8, 4) is 0 Å². The van der Waals surface area contributed by atoms with Gasteiger partial charge in [-0.3, -0.25) is 4.79 Å². The van der Waals surface area contributed by atoms with E-state index in [2.05, 4.69) is 6.92 Å². The van der Waals surface area contributed by atoms with Crippen molar-refractivity contribution < 1.29 is 4.79 Å². The Kier molecular flexibility index (Phi) is 7.41. The molecular weight excluding hydrogens is 220 g/mol. The van der Waals surface area contributed by atoms with E-state index in [1.165, 1.54) is 0 Å². The Morgan fingerprint density at radius 3 is 2.93 bits per heavy atom. The molecule has 0 saturated carbocycles. The summed E-state index contributed by atoms with van der Waals surface area (Å²) in [7, 11) is 0. The van der Waals surface area contributed by atoms with Crippen LogP contribution in [-0.2, 0) is 4.79 Å². The van der Waals surface area contributed by atoms with Crippen LogP contribution in [0.4, 0.5) is 0 Å². The lowest BCUT2D eigenvalue weighted by Gasteiger charge is -2.31. The van der Waals surface area contributed by atoms with Crippen LogP contribution in [0.1, 0.15) is 19.8 Å². The van der Waals surface area contributed by atoms with Gasteiger partial charge in [0.2, 0.25) is 5.91 Å². The van der Waals surface area contributed by atoms with Gasteiger partial charge < -0.3 is 10.6 Å². The van der Waals surface area contributed by atoms with Crippen molar-refractivity contribution in [3.05, 3.63) is 0 Å². The Bertz CT molecular complexity index is 180. The first kappa shape index (κ1) is 14.1. The standard InChI is InChI=1S/C9H18N2OS.ClH/c1-2-8-7-11(5-6-13-8)9(12)3-4-10;/h8H,2-7,10H2,1H3;1H. The normalized spacial score (nSPS) is 21.6. The SMILES string of the molecule is CCC1CN(C(=O)CCN)CCS1.Cl. The van der Waals surface area contributed by atoms with E-state index in [9.17, 15) is 4.79 Å². The Morgan fingerprint density at radius 2 is 2.36 bits per heavy atom. The summed E-state index contributed by atoms with van der Waals surface area (Å²) in [5, 5.41) is 0.635. The van der Waals surface area contributed by atoms with E-state index >= 15 is 0 Å². The molecule has 0 aromatic rings. The van der Waals surface area contributed by atoms with Crippen molar-refractivity contribution in [2.75, 3.05) is 25.4 Å². The molecule has 0 aliphatic carbocycles. The molecule has 0 radical (unpaired) electrons. The van der Waals surface area contributed by atoms with Crippen molar-refractivity contribution in [1.82, 2.24) is 4.90 Å². The van der Waals surface area contributed by atoms with Crippen LogP contribution in [0.5, 0.6) is 0 Å². The predicted octanol–water partition coefficient (Wildman–Crippen LogP) is 1.11. The highest BCUT2D eigenvalue weighted by Gasteiger charge is 2.21. The van der Waals surface area contributed by atoms with E-state index in [1.54, 1.807) is 0 Å². The Balaban J connectivity index is 0.00000169. The van der Waals surface area contributed by atoms with Gasteiger partial charge >= 0.3 is 0 Å². The topological polar surface area (TPSA) is 46.3 Å². The number of rotatable bonds is 3. The molecule has 1 unspecified atom stereocenters. The fourth-order valence-corrected chi connectivity index (χ4v) is 2.65. The molecule has 0 bridgehead atoms. The molecule has 0 aromatic heterocycles. The third-order valence-corrected chi connectivity index (χ3v) is 3.68. The van der Waals surface area contributed by atoms with Crippen molar-refractivity contribution in [2.24, 2.45) is 5.73 Å². The molecule has 0 aromatic carbocycles. The largest absolute Gasteiger partial charge is 0.341 e. The number of carbonyl (C=O) groups excluding carboxylic acids is 1. The number of halogens is 1. The number of hydrogen-bond acceptors (Lipinski definition) is 3. The molecule has 84 valence electrons. The molecule has 14 heavy (non-hydrogen) atoms. The van der Waals surface area contributed by atoms with E-state index in [4.69, 9.17) is 5.73 Å². The third-order valence-electron chi connectivity index (χ3n) is 2.31. The van der Waals surface area contributed by atoms with E-state index < -0.39 is 0 Å². The Labute approximate surface area is 96.2 Å². The molecule has 1 heterocycles. The second-order valence-corrected chi connectivity index (χ2v) is 4.69. The van der Waals surface area contributed by atoms with Gasteiger partial charge in [0, 0.05) is 37.1 Å². The lowest BCUT2D eigenvalue weighted by Crippen LogP contribution is -2.42. The number of nitrogens with zero attached hydrogens (tertiary/aromatic N) is 1. The van der Waals surface area contributed by atoms with Gasteiger partial charge in [-0.2, -0.15) is 11.8 Å². The number of amides is 1. The fraction of sp³-hybridized carbons (Fsp3) is 0.889. The van der Waals surface area contributed by atoms with Crippen LogP contribution in [0.2, 0.25) is 0 Å². The fourth-order valence-electron chi connectivity index (χ4n) is 1.47. The van der Waals surface area contributed by atoms with Gasteiger partial charge in [-0.25, -0.2) is 0 Å². The van der Waals surface area contributed by atoms with Gasteiger partial charge in [0.25, 0.3) is 0 Å². The number of carbonyl (C=O) groups is 1. The zero-order valence-electron chi connectivity index (χ0n) is 8.57. The van der Waals surface area contributed by atoms with Crippen LogP contribution in [-0.4, -0.2) is 41.4 Å². The average molecular weight is 239 g/mol. The van der Waals surface area contributed by atoms with Crippen LogP contribution < -0.4 is 5.73 Å². The van der Waals surface area contributed by atoms with Crippen LogP contribution >= 0.6 is 24.2 Å². The predicted molar refractivity (Wildman–Crippen MR) is 64.0 cm³/mol. The summed E-state index contributed by atoms with van der Waals surface area (Å²) in [5.74, 6) is 1.30. The maximum atomic E-state index is 11.5. The number of nitrogens with two attached hydrogens (primary N) is 1. The monoisotopic (exact) mass is 238 g/mol. The van der Waals surface area contributed by atoms with Crippen molar-refractivity contribution in [1.29, 1.82) is 0 Å². The van der Waals surface area contributed by atoms with Crippen molar-refractivity contribution in [3.63, 3.8) is 0 Å². The van der Waals surface area contributed by atoms with Gasteiger partial charge in [0.15, 0.2) is 0 Å². The van der Waals surface area contributed by atoms with Gasteiger partial charge in [-0.05, 0) is 6.42 Å². The highest BCUT2D eigenvalue weighted by atomic mass is 35.5. The summed E-state index contributed by atoms with van der Waals surface area (Å²) in [4.78, 5) is 13.5. The highest BCUT2D eigenvalue weighted by molar-refractivity contribution is 8.00. The molecule has 5 heteroatoms. The molecule has 1 rings (SSSR count). The van der Waals surface area contributed by atoms with Gasteiger partial charge in [0.05, 0.1) is 0 Å². The van der Waals surface area contributed by atoms with Crippen molar-refractivity contribution >= 4 is 30.1 Å². The lowest BCUT2D eigenvalue weighted by atomic mass is 10.2. The Morgan fingerprint density at radius 1 is 1.64 bits per heavy atom. The molecule has 1 fully saturated rings. The van der Waals surface area contributed by atoms with Crippen LogP contribution in [0.25, 0.3) is 0 Å². The second-order valence-electron chi connectivity index (χ2n) is 3.28. The molecule has 1 aliphatic heterocycles. The van der Waals surface area contributed by atoms with Crippen LogP contribution in [0, 0.1) is 0 Å². The minimum absolute atomic E-state index is 0. The minimum Gasteiger partial charge on any atom is -0.341 e. The van der Waals surface area contributed by atoms with E-state index in [0.717, 1.165) is 25.3 Å². The smallest absolute Gasteiger partial charge is 0.223 e. The maximum Gasteiger partial charge on any atom is 0.223 e. The van der Waals surface area contributed by atoms with Crippen LogP contribution in [0.15, 0.2) is 0 Å². The number of thioether (sulfide) groups is 1. The van der Waals surface area contributed by atoms with Crippen molar-refractivity contribution in [2.45, 2.75) is 25.0 Å². The summed E-state index contributed by atoms with van der Waals surface area (Å²) in [6, 6.07) is 0. The molecular formula is C9H19ClN2OS. The van der Waals surface area contributed by atoms with E-state index in [0.29, 0.717) is 18.2 Å². The van der Waals surface area contributed by atoms with Crippen LogP contribution in [0.3, 0.4) is 0 Å². The third kappa shape index (κ3) is 4.07. The first-order valence-electron chi connectivity index (χ1n) is 4.87. The average Bonchev–Trinajstić information content (AvgIpc) is 2.18. The van der Waals surface area contributed by atoms with Gasteiger partial charge in [-0.15, -0.1) is 12.4 Å². The molecule has 1 amide bonds. The molecule has 2 N–H and O–H groups in total. The quantitative estimate of drug-likeness (QED) is 0.802. The van der Waals surface area contributed by atoms with Gasteiger partial charge in [-0.1, -0.05) is 6.92 Å². The maximum absolute atomic E-state index is 11.5. The summed E-state index contributed by atoms with van der Waals surface area (Å²) in [6.45, 7) is 4.47. The Hall–Kier alpha value is 0.0700. The molecule has 1 atom stereocenters. The summed E-state index contributed by atoms with van der Waals surface area (Å²) in [5.41, 5.74) is 5.35. The molecule has 0 spiro atoms. The number of hydrogen-bond donors (Lipinski definition) is 1. The van der Waals surface area contributed by atoms with Gasteiger partial charge in [0.1, 0.15) is 0 Å². The highest BCUT2D eigenvalue weighted by Crippen LogP contribution is 2.21. The summed E-state index contributed by atoms with van der Waals surface area (Å²) < 4.78 is 0. The zero-order valence-corrected chi connectivity index (χ0v) is 10.2. The van der Waals surface area contributed by atoms with E-state index in [-0.39, 0.29) is 18.3 Å².